The second-order valence-corrected chi connectivity index (χ2v) is 8.32. The number of nitrogens with one attached hydrogen (secondary N) is 1. The predicted octanol–water partition coefficient (Wildman–Crippen LogP) is 5.17. The van der Waals surface area contributed by atoms with Crippen molar-refractivity contribution < 1.29 is 23.0 Å². The number of hydrogen-bond acceptors (Lipinski definition) is 5. The van der Waals surface area contributed by atoms with E-state index >= 15 is 0 Å². The number of ether oxygens (including phenoxy) is 2. The molecule has 2 aromatic carbocycles. The molecule has 0 bridgehead atoms. The lowest BCUT2D eigenvalue weighted by Crippen LogP contribution is -2.26. The summed E-state index contributed by atoms with van der Waals surface area (Å²) in [6.45, 7) is 2.61. The molecule has 2 heterocycles. The molecular formula is C25H22F2N2O3. The van der Waals surface area contributed by atoms with E-state index < -0.39 is 11.7 Å². The number of carbonyl (C=O) groups is 1. The molecule has 2 aliphatic rings. The quantitative estimate of drug-likeness (QED) is 0.554. The fourth-order valence-corrected chi connectivity index (χ4v) is 4.06. The molecule has 5 rings (SSSR count). The molecule has 1 fully saturated rings. The second kappa shape index (κ2) is 7.58. The first-order valence-electron chi connectivity index (χ1n) is 10.5. The van der Waals surface area contributed by atoms with Crippen molar-refractivity contribution in [3.63, 3.8) is 0 Å². The van der Waals surface area contributed by atoms with E-state index in [1.165, 1.54) is 12.1 Å². The predicted molar refractivity (Wildman–Crippen MR) is 115 cm³/mol. The Balaban J connectivity index is 1.31. The van der Waals surface area contributed by atoms with Crippen LogP contribution in [0.3, 0.4) is 0 Å². The molecule has 164 valence electrons. The number of Topliss-reactive ketones (excluding diaryl/α,β-unsaturated/α-hetero) is 1. The summed E-state index contributed by atoms with van der Waals surface area (Å²) in [7, 11) is 0. The Labute approximate surface area is 184 Å². The van der Waals surface area contributed by atoms with Crippen molar-refractivity contribution in [2.45, 2.75) is 44.4 Å². The van der Waals surface area contributed by atoms with Crippen molar-refractivity contribution in [2.24, 2.45) is 0 Å². The minimum atomic E-state index is -3.67. The second-order valence-electron chi connectivity index (χ2n) is 8.32. The van der Waals surface area contributed by atoms with E-state index in [2.05, 4.69) is 19.8 Å². The van der Waals surface area contributed by atoms with E-state index in [4.69, 9.17) is 0 Å². The van der Waals surface area contributed by atoms with Crippen molar-refractivity contribution >= 4 is 11.6 Å². The van der Waals surface area contributed by atoms with E-state index in [0.717, 1.165) is 16.9 Å². The van der Waals surface area contributed by atoms with Gasteiger partial charge in [0, 0.05) is 13.0 Å². The monoisotopic (exact) mass is 436 g/mol. The van der Waals surface area contributed by atoms with E-state index in [0.29, 0.717) is 30.6 Å². The van der Waals surface area contributed by atoms with E-state index in [9.17, 15) is 13.6 Å². The first-order valence-corrected chi connectivity index (χ1v) is 10.5. The number of rotatable bonds is 7. The number of aromatic nitrogens is 1. The van der Waals surface area contributed by atoms with Gasteiger partial charge in [0.05, 0.1) is 11.1 Å². The summed E-state index contributed by atoms with van der Waals surface area (Å²) in [5.41, 5.74) is 2.81. The highest BCUT2D eigenvalue weighted by molar-refractivity contribution is 5.94. The van der Waals surface area contributed by atoms with Gasteiger partial charge in [-0.05, 0) is 54.7 Å². The van der Waals surface area contributed by atoms with Gasteiger partial charge in [0.15, 0.2) is 11.5 Å². The summed E-state index contributed by atoms with van der Waals surface area (Å²) < 4.78 is 35.7. The number of hydrogen-bond donors (Lipinski definition) is 1. The molecule has 3 aromatic rings. The lowest BCUT2D eigenvalue weighted by atomic mass is 9.88. The van der Waals surface area contributed by atoms with Crippen LogP contribution in [0.5, 0.6) is 11.5 Å². The van der Waals surface area contributed by atoms with Crippen molar-refractivity contribution in [3.8, 4) is 11.5 Å². The average Bonchev–Trinajstić information content (AvgIpc) is 3.52. The number of fused-ring (bicyclic) bond motifs is 1. The lowest BCUT2D eigenvalue weighted by molar-refractivity contribution is -0.286. The molecule has 1 aliphatic carbocycles. The zero-order valence-electron chi connectivity index (χ0n) is 17.5. The molecule has 32 heavy (non-hydrogen) atoms. The largest absolute Gasteiger partial charge is 0.586 e. The van der Waals surface area contributed by atoms with Gasteiger partial charge in [0.1, 0.15) is 11.6 Å². The average molecular weight is 436 g/mol. The number of nitrogens with zero attached hydrogens (tertiary/aromatic N) is 1. The Kier molecular flexibility index (Phi) is 4.84. The Bertz CT molecular complexity index is 1180. The maximum Gasteiger partial charge on any atom is 0.586 e. The summed E-state index contributed by atoms with van der Waals surface area (Å²) >= 11 is 0. The van der Waals surface area contributed by atoms with Crippen LogP contribution < -0.4 is 14.8 Å². The smallest absolute Gasteiger partial charge is 0.395 e. The van der Waals surface area contributed by atoms with Gasteiger partial charge in [-0.2, -0.15) is 0 Å². The fourth-order valence-electron chi connectivity index (χ4n) is 4.06. The molecule has 1 saturated carbocycles. The van der Waals surface area contributed by atoms with Crippen LogP contribution in [0.1, 0.15) is 35.2 Å². The van der Waals surface area contributed by atoms with Gasteiger partial charge in [-0.1, -0.05) is 42.5 Å². The number of alkyl halides is 2. The zero-order valence-corrected chi connectivity index (χ0v) is 17.5. The Hall–Kier alpha value is -3.48. The number of halogens is 2. The maximum absolute atomic E-state index is 13.3. The Morgan fingerprint density at radius 1 is 1.03 bits per heavy atom. The number of aryl methyl sites for hydroxylation is 1. The lowest BCUT2D eigenvalue weighted by Gasteiger charge is -2.16. The molecule has 1 N–H and O–H groups in total. The summed E-state index contributed by atoms with van der Waals surface area (Å²) in [5.74, 6) is 0.714. The van der Waals surface area contributed by atoms with Crippen LogP contribution in [-0.4, -0.2) is 17.1 Å². The first-order chi connectivity index (χ1) is 15.3. The molecular weight excluding hydrogens is 414 g/mol. The molecule has 1 aromatic heterocycles. The number of carbonyl (C=O) groups excluding carboxylic acids is 1. The van der Waals surface area contributed by atoms with Crippen LogP contribution in [0.15, 0.2) is 60.7 Å². The zero-order chi connectivity index (χ0) is 22.3. The van der Waals surface area contributed by atoms with Crippen molar-refractivity contribution in [3.05, 3.63) is 83.0 Å². The molecule has 0 amide bonds. The summed E-state index contributed by atoms with van der Waals surface area (Å²) in [5, 5.41) is 3.34. The highest BCUT2D eigenvalue weighted by Crippen LogP contribution is 2.52. The van der Waals surface area contributed by atoms with Gasteiger partial charge in [-0.3, -0.25) is 4.79 Å². The van der Waals surface area contributed by atoms with Crippen molar-refractivity contribution in [1.82, 2.24) is 4.98 Å². The number of ketones is 1. The fraction of sp³-hybridized carbons (Fsp3) is 0.280. The van der Waals surface area contributed by atoms with Gasteiger partial charge in [0.2, 0.25) is 0 Å². The summed E-state index contributed by atoms with van der Waals surface area (Å²) in [4.78, 5) is 17.9. The topological polar surface area (TPSA) is 60.5 Å². The highest BCUT2D eigenvalue weighted by atomic mass is 19.3. The minimum Gasteiger partial charge on any atom is -0.395 e. The van der Waals surface area contributed by atoms with Crippen LogP contribution in [0.2, 0.25) is 0 Å². The van der Waals surface area contributed by atoms with E-state index in [-0.39, 0.29) is 23.7 Å². The molecule has 0 unspecified atom stereocenters. The highest BCUT2D eigenvalue weighted by Gasteiger charge is 2.52. The van der Waals surface area contributed by atoms with Crippen LogP contribution >= 0.6 is 0 Å². The van der Waals surface area contributed by atoms with Crippen LogP contribution in [0.25, 0.3) is 0 Å². The third-order valence-electron chi connectivity index (χ3n) is 6.04. The molecule has 1 aliphatic heterocycles. The van der Waals surface area contributed by atoms with E-state index in [1.54, 1.807) is 6.07 Å². The third kappa shape index (κ3) is 3.90. The summed E-state index contributed by atoms with van der Waals surface area (Å²) in [6.07, 6.45) is -2.15. The standard InChI is InChI=1S/C25H22F2N2O3/c1-16-7-9-19(29-23(16)28-15-17-5-3-2-4-6-17)14-22(30)24(11-12-24)18-8-10-20-21(13-18)32-25(26,27)31-20/h2-10,13H,11-12,14-15H2,1H3,(H,28,29). The van der Waals surface area contributed by atoms with Gasteiger partial charge < -0.3 is 14.8 Å². The molecule has 0 saturated heterocycles. The third-order valence-corrected chi connectivity index (χ3v) is 6.04. The number of pyridine rings is 1. The SMILES string of the molecule is Cc1ccc(CC(=O)C2(c3ccc4c(c3)OC(F)(F)O4)CC2)nc1NCc1ccccc1. The van der Waals surface area contributed by atoms with Gasteiger partial charge in [-0.15, -0.1) is 8.78 Å². The Morgan fingerprint density at radius 3 is 2.53 bits per heavy atom. The van der Waals surface area contributed by atoms with Gasteiger partial charge >= 0.3 is 6.29 Å². The van der Waals surface area contributed by atoms with Gasteiger partial charge in [-0.25, -0.2) is 4.98 Å². The molecule has 5 nitrogen and oxygen atoms in total. The summed E-state index contributed by atoms with van der Waals surface area (Å²) in [6, 6.07) is 18.4. The number of anilines is 1. The minimum absolute atomic E-state index is 0.0173. The molecule has 0 radical (unpaired) electrons. The van der Waals surface area contributed by atoms with Crippen molar-refractivity contribution in [1.29, 1.82) is 0 Å². The van der Waals surface area contributed by atoms with Crippen LogP contribution in [-0.2, 0) is 23.2 Å². The van der Waals surface area contributed by atoms with Crippen molar-refractivity contribution in [2.75, 3.05) is 5.32 Å². The number of benzene rings is 2. The Morgan fingerprint density at radius 2 is 1.78 bits per heavy atom. The molecule has 7 heteroatoms. The van der Waals surface area contributed by atoms with E-state index in [1.807, 2.05) is 49.4 Å². The molecule has 0 spiro atoms. The maximum atomic E-state index is 13.3. The normalized spacial score (nSPS) is 17.1. The van der Waals surface area contributed by atoms with Crippen LogP contribution in [0, 0.1) is 6.92 Å². The van der Waals surface area contributed by atoms with Crippen LogP contribution in [0.4, 0.5) is 14.6 Å². The first kappa shape index (κ1) is 20.4. The molecule has 0 atom stereocenters. The van der Waals surface area contributed by atoms with Gasteiger partial charge in [0.25, 0.3) is 0 Å².